The predicted octanol–water partition coefficient (Wildman–Crippen LogP) is 11.3. The summed E-state index contributed by atoms with van der Waals surface area (Å²) in [5, 5.41) is 10.0. The van der Waals surface area contributed by atoms with Crippen molar-refractivity contribution >= 4 is 23.9 Å². The van der Waals surface area contributed by atoms with Gasteiger partial charge in [0.1, 0.15) is 12.0 Å². The van der Waals surface area contributed by atoms with Crippen molar-refractivity contribution in [3.8, 4) is 5.75 Å². The SMILES string of the molecule is C=C/C=C(N=C(C)C)/C(C)=C/C.C=CCC.CCCC(CCC=O)C1CCC(C(=O)/C(C)=C/c2cc(C)cc(O)c2C)CC1. The van der Waals surface area contributed by atoms with Crippen molar-refractivity contribution in [1.82, 2.24) is 0 Å². The molecular formula is C40H61NO3. The number of carbonyl (C=O) groups excluding carboxylic acids is 2. The molecule has 0 heterocycles. The molecule has 1 atom stereocenters. The number of phenolic OH excluding ortho intramolecular Hbond substituents is 1. The lowest BCUT2D eigenvalue weighted by atomic mass is 9.71. The number of aliphatic imine (C=N–C) groups is 1. The van der Waals surface area contributed by atoms with E-state index in [2.05, 4.69) is 32.0 Å². The topological polar surface area (TPSA) is 66.7 Å². The van der Waals surface area contributed by atoms with Gasteiger partial charge in [0.2, 0.25) is 0 Å². The first-order chi connectivity index (χ1) is 20.9. The number of rotatable bonds is 13. The number of carbonyl (C=O) groups is 2. The third-order valence-electron chi connectivity index (χ3n) is 8.20. The van der Waals surface area contributed by atoms with E-state index in [1.165, 1.54) is 12.0 Å². The molecule has 0 aromatic heterocycles. The summed E-state index contributed by atoms with van der Waals surface area (Å²) in [6.07, 6.45) is 19.7. The van der Waals surface area contributed by atoms with Gasteiger partial charge in [-0.2, -0.15) is 0 Å². The maximum absolute atomic E-state index is 13.0. The highest BCUT2D eigenvalue weighted by Crippen LogP contribution is 2.38. The van der Waals surface area contributed by atoms with Crippen LogP contribution in [0.25, 0.3) is 6.08 Å². The zero-order valence-corrected chi connectivity index (χ0v) is 29.3. The van der Waals surface area contributed by atoms with Gasteiger partial charge in [-0.15, -0.1) is 6.58 Å². The lowest BCUT2D eigenvalue weighted by Gasteiger charge is -2.33. The number of hydrogen-bond acceptors (Lipinski definition) is 4. The molecule has 2 rings (SSSR count). The highest BCUT2D eigenvalue weighted by Gasteiger charge is 2.30. The van der Waals surface area contributed by atoms with E-state index in [-0.39, 0.29) is 17.5 Å². The molecule has 0 radical (unpaired) electrons. The predicted molar refractivity (Wildman–Crippen MR) is 192 cm³/mol. The molecule has 1 fully saturated rings. The normalized spacial score (nSPS) is 17.6. The molecule has 0 spiro atoms. The quantitative estimate of drug-likeness (QED) is 0.0801. The second-order valence-corrected chi connectivity index (χ2v) is 12.1. The molecule has 0 aliphatic heterocycles. The van der Waals surface area contributed by atoms with E-state index in [0.717, 1.165) is 84.9 Å². The van der Waals surface area contributed by atoms with Gasteiger partial charge in [-0.3, -0.25) is 9.79 Å². The van der Waals surface area contributed by atoms with E-state index in [0.29, 0.717) is 18.3 Å². The Hall–Kier alpha value is -3.27. The highest BCUT2D eigenvalue weighted by molar-refractivity contribution is 6.00. The van der Waals surface area contributed by atoms with E-state index >= 15 is 0 Å². The summed E-state index contributed by atoms with van der Waals surface area (Å²) in [7, 11) is 0. The smallest absolute Gasteiger partial charge is 0.161 e. The van der Waals surface area contributed by atoms with Gasteiger partial charge in [-0.1, -0.05) is 57.6 Å². The van der Waals surface area contributed by atoms with E-state index in [1.807, 2.05) is 78.8 Å². The molecule has 1 N–H and O–H groups in total. The zero-order chi connectivity index (χ0) is 33.7. The Labute approximate surface area is 269 Å². The van der Waals surface area contributed by atoms with Gasteiger partial charge < -0.3 is 9.90 Å². The van der Waals surface area contributed by atoms with Crippen LogP contribution in [-0.2, 0) is 9.59 Å². The molecule has 0 amide bonds. The van der Waals surface area contributed by atoms with Crippen LogP contribution >= 0.6 is 0 Å². The molecule has 0 bridgehead atoms. The highest BCUT2D eigenvalue weighted by atomic mass is 16.3. The first-order valence-corrected chi connectivity index (χ1v) is 16.4. The van der Waals surface area contributed by atoms with Gasteiger partial charge in [0, 0.05) is 18.1 Å². The summed E-state index contributed by atoms with van der Waals surface area (Å²) < 4.78 is 0. The number of aromatic hydroxyl groups is 1. The Morgan fingerprint density at radius 3 is 2.11 bits per heavy atom. The number of benzene rings is 1. The zero-order valence-electron chi connectivity index (χ0n) is 29.3. The third-order valence-corrected chi connectivity index (χ3v) is 8.20. The van der Waals surface area contributed by atoms with Crippen molar-refractivity contribution in [2.24, 2.45) is 22.7 Å². The summed E-state index contributed by atoms with van der Waals surface area (Å²) in [4.78, 5) is 28.1. The number of aryl methyl sites for hydroxylation is 1. The lowest BCUT2D eigenvalue weighted by molar-refractivity contribution is -0.120. The molecule has 0 saturated heterocycles. The summed E-state index contributed by atoms with van der Waals surface area (Å²) >= 11 is 0. The number of allylic oxidation sites excluding steroid dienone is 6. The minimum Gasteiger partial charge on any atom is -0.508 e. The maximum atomic E-state index is 13.0. The van der Waals surface area contributed by atoms with Crippen molar-refractivity contribution in [3.63, 3.8) is 0 Å². The Morgan fingerprint density at radius 1 is 1.02 bits per heavy atom. The molecule has 1 saturated carbocycles. The first kappa shape index (κ1) is 40.7. The number of aldehydes is 1. The van der Waals surface area contributed by atoms with Gasteiger partial charge in [0.15, 0.2) is 5.78 Å². The molecule has 244 valence electrons. The number of nitrogens with zero attached hydrogens (tertiary/aromatic N) is 1. The molecule has 44 heavy (non-hydrogen) atoms. The summed E-state index contributed by atoms with van der Waals surface area (Å²) in [5.74, 6) is 1.92. The van der Waals surface area contributed by atoms with Crippen molar-refractivity contribution in [1.29, 1.82) is 0 Å². The van der Waals surface area contributed by atoms with Crippen LogP contribution in [0, 0.1) is 31.6 Å². The van der Waals surface area contributed by atoms with E-state index < -0.39 is 0 Å². The standard InChI is InChI=1S/C25H36O3.C11H17N.C4H8/c1-5-7-20(8-6-13-26)21-9-11-22(12-10-21)25(28)18(3)16-23-14-17(2)15-24(27)19(23)4;1-6-8-11(10(5)7-2)12-9(3)4;1-3-4-2/h13-16,20-22,27H,5-12H2,1-4H3;6-8H,1H2,2-5H3;3H,1,4H2,2H3/b18-16+;10-7+,11-8-;. The fourth-order valence-corrected chi connectivity index (χ4v) is 5.52. The molecule has 1 unspecified atom stereocenters. The fourth-order valence-electron chi connectivity index (χ4n) is 5.52. The third kappa shape index (κ3) is 15.5. The van der Waals surface area contributed by atoms with Crippen LogP contribution in [0.2, 0.25) is 0 Å². The number of hydrogen-bond donors (Lipinski definition) is 1. The monoisotopic (exact) mass is 603 g/mol. The summed E-state index contributed by atoms with van der Waals surface area (Å²) in [5.41, 5.74) is 6.75. The van der Waals surface area contributed by atoms with Crippen LogP contribution in [0.5, 0.6) is 5.75 Å². The fraction of sp³-hybridized carbons (Fsp3) is 0.525. The van der Waals surface area contributed by atoms with Crippen molar-refractivity contribution in [3.05, 3.63) is 83.1 Å². The van der Waals surface area contributed by atoms with Crippen molar-refractivity contribution < 1.29 is 14.7 Å². The van der Waals surface area contributed by atoms with Crippen molar-refractivity contribution in [2.45, 2.75) is 120 Å². The van der Waals surface area contributed by atoms with Gasteiger partial charge in [-0.25, -0.2) is 0 Å². The molecule has 4 nitrogen and oxygen atoms in total. The summed E-state index contributed by atoms with van der Waals surface area (Å²) in [6.45, 7) is 25.2. The molecule has 1 aliphatic rings. The minimum absolute atomic E-state index is 0.111. The number of ketones is 1. The van der Waals surface area contributed by atoms with Gasteiger partial charge in [-0.05, 0) is 145 Å². The molecule has 1 aromatic rings. The largest absolute Gasteiger partial charge is 0.508 e. The Kier molecular flexibility index (Phi) is 21.4. The molecular weight excluding hydrogens is 542 g/mol. The van der Waals surface area contributed by atoms with Crippen LogP contribution in [0.4, 0.5) is 0 Å². The second-order valence-electron chi connectivity index (χ2n) is 12.1. The van der Waals surface area contributed by atoms with Gasteiger partial charge >= 0.3 is 0 Å². The van der Waals surface area contributed by atoms with Gasteiger partial charge in [0.25, 0.3) is 0 Å². The molecule has 4 heteroatoms. The number of Topliss-reactive ketones (excluding diaryl/α,β-unsaturated/α-hetero) is 1. The van der Waals surface area contributed by atoms with Crippen LogP contribution in [0.3, 0.4) is 0 Å². The van der Waals surface area contributed by atoms with Crippen LogP contribution in [-0.4, -0.2) is 22.9 Å². The van der Waals surface area contributed by atoms with E-state index in [9.17, 15) is 14.7 Å². The van der Waals surface area contributed by atoms with Crippen LogP contribution < -0.4 is 0 Å². The minimum atomic E-state index is 0.111. The molecule has 1 aromatic carbocycles. The Bertz CT molecular complexity index is 1170. The Balaban J connectivity index is 0.000000959. The summed E-state index contributed by atoms with van der Waals surface area (Å²) in [6, 6.07) is 3.77. The molecule has 1 aliphatic carbocycles. The van der Waals surface area contributed by atoms with Gasteiger partial charge in [0.05, 0.1) is 5.70 Å². The van der Waals surface area contributed by atoms with Crippen LogP contribution in [0.1, 0.15) is 123 Å². The Morgan fingerprint density at radius 2 is 1.64 bits per heavy atom. The van der Waals surface area contributed by atoms with Crippen LogP contribution in [0.15, 0.2) is 71.4 Å². The van der Waals surface area contributed by atoms with E-state index in [4.69, 9.17) is 0 Å². The lowest BCUT2D eigenvalue weighted by Crippen LogP contribution is -2.26. The average molecular weight is 604 g/mol. The number of phenols is 1. The average Bonchev–Trinajstić information content (AvgIpc) is 3.01. The van der Waals surface area contributed by atoms with E-state index in [1.54, 1.807) is 12.1 Å². The van der Waals surface area contributed by atoms with Crippen molar-refractivity contribution in [2.75, 3.05) is 0 Å². The first-order valence-electron chi connectivity index (χ1n) is 16.4. The maximum Gasteiger partial charge on any atom is 0.161 e. The second kappa shape index (κ2) is 23.2.